The predicted octanol–water partition coefficient (Wildman–Crippen LogP) is 0.657. The topological polar surface area (TPSA) is 165 Å². The van der Waals surface area contributed by atoms with E-state index in [-0.39, 0.29) is 35.3 Å². The smallest absolute Gasteiger partial charge is 0.230 e. The molecule has 40 heavy (non-hydrogen) atoms. The molecular formula is C30H35N3O7. The van der Waals surface area contributed by atoms with E-state index in [0.717, 1.165) is 24.8 Å². The van der Waals surface area contributed by atoms with Gasteiger partial charge in [0.05, 0.1) is 17.2 Å². The zero-order chi connectivity index (χ0) is 29.3. The molecule has 0 aliphatic heterocycles. The number of nitrogens with two attached hydrogens (primary N) is 1. The summed E-state index contributed by atoms with van der Waals surface area (Å²) < 4.78 is 0. The van der Waals surface area contributed by atoms with Crippen LogP contribution < -0.4 is 10.6 Å². The van der Waals surface area contributed by atoms with Crippen molar-refractivity contribution in [2.24, 2.45) is 23.5 Å². The fourth-order valence-corrected chi connectivity index (χ4v) is 7.08. The molecule has 0 heterocycles. The number of hydrogen-bond donors (Lipinski definition) is 5. The number of ketones is 2. The van der Waals surface area contributed by atoms with Gasteiger partial charge < -0.3 is 36.0 Å². The van der Waals surface area contributed by atoms with Gasteiger partial charge in [0.25, 0.3) is 0 Å². The van der Waals surface area contributed by atoms with Gasteiger partial charge >= 0.3 is 0 Å². The molecule has 1 aromatic carbocycles. The highest BCUT2D eigenvalue weighted by Gasteiger charge is 2.67. The Hall–Kier alpha value is -3.65. The molecule has 0 aromatic heterocycles. The van der Waals surface area contributed by atoms with Crippen molar-refractivity contribution in [1.82, 2.24) is 4.90 Å². The average Bonchev–Trinajstić information content (AvgIpc) is 3.39. The molecule has 6 N–H and O–H groups in total. The zero-order valence-electron chi connectivity index (χ0n) is 23.1. The third-order valence-corrected chi connectivity index (χ3v) is 8.95. The van der Waals surface area contributed by atoms with Gasteiger partial charge in [-0.1, -0.05) is 17.9 Å². The maximum absolute atomic E-state index is 14.0. The Bertz CT molecular complexity index is 1450. The van der Waals surface area contributed by atoms with Gasteiger partial charge in [0.15, 0.2) is 11.4 Å². The minimum atomic E-state index is -2.68. The molecule has 0 radical (unpaired) electrons. The minimum absolute atomic E-state index is 0.0384. The molecule has 0 saturated heterocycles. The van der Waals surface area contributed by atoms with Crippen molar-refractivity contribution in [3.8, 4) is 17.6 Å². The second kappa shape index (κ2) is 9.77. The van der Waals surface area contributed by atoms with Gasteiger partial charge in [-0.05, 0) is 69.3 Å². The van der Waals surface area contributed by atoms with E-state index in [9.17, 15) is 34.8 Å². The number of rotatable bonds is 3. The molecule has 2 fully saturated rings. The Morgan fingerprint density at radius 3 is 2.42 bits per heavy atom. The minimum Gasteiger partial charge on any atom is -0.507 e. The zero-order valence-corrected chi connectivity index (χ0v) is 23.1. The summed E-state index contributed by atoms with van der Waals surface area (Å²) in [4.78, 5) is 43.1. The Morgan fingerprint density at radius 1 is 1.15 bits per heavy atom. The number of anilines is 1. The van der Waals surface area contributed by atoms with Crippen molar-refractivity contribution >= 4 is 28.9 Å². The molecule has 4 aliphatic carbocycles. The van der Waals surface area contributed by atoms with Crippen LogP contribution in [0.15, 0.2) is 23.3 Å². The van der Waals surface area contributed by atoms with Crippen molar-refractivity contribution in [3.63, 3.8) is 0 Å². The van der Waals surface area contributed by atoms with Gasteiger partial charge in [0, 0.05) is 37.3 Å². The number of hydrogen-bond acceptors (Lipinski definition) is 9. The van der Waals surface area contributed by atoms with Gasteiger partial charge in [0.1, 0.15) is 17.4 Å². The fraction of sp³-hybridized carbons (Fsp3) is 0.500. The molecule has 10 heteroatoms. The van der Waals surface area contributed by atoms with Crippen LogP contribution in [-0.4, -0.2) is 88.7 Å². The van der Waals surface area contributed by atoms with E-state index in [1.54, 1.807) is 25.1 Å². The summed E-state index contributed by atoms with van der Waals surface area (Å²) in [6.45, 7) is 0. The Labute approximate surface area is 232 Å². The number of allylic oxidation sites excluding steroid dienone is 2. The fourth-order valence-electron chi connectivity index (χ4n) is 7.08. The van der Waals surface area contributed by atoms with Crippen LogP contribution in [0.3, 0.4) is 0 Å². The summed E-state index contributed by atoms with van der Waals surface area (Å²) >= 11 is 0. The molecule has 212 valence electrons. The van der Waals surface area contributed by atoms with E-state index in [2.05, 4.69) is 17.9 Å². The van der Waals surface area contributed by atoms with Crippen molar-refractivity contribution in [1.29, 1.82) is 0 Å². The standard InChI is InChI=1S/C30H35N3O7/c1-32(2)19-13-15(10-9-14-7-5-6-8-14)24(34)21-17(19)11-16-12-18-23(33(3)4)26(36)22(29(31)39)28(38)30(18,40)27(37)20(16)25(21)35/h7,13,16,18,22-23,26,34-36,40H,5-6,8,11-12H2,1-4H3,(H2,31,39)/t16-,18-,22?,23-,26?,30-/m1/s1. The lowest BCUT2D eigenvalue weighted by atomic mass is 9.54. The first-order valence-corrected chi connectivity index (χ1v) is 13.5. The molecule has 10 nitrogen and oxygen atoms in total. The number of nitrogens with zero attached hydrogens (tertiary/aromatic N) is 2. The highest BCUT2D eigenvalue weighted by molar-refractivity contribution is 6.25. The lowest BCUT2D eigenvalue weighted by Crippen LogP contribution is -2.73. The van der Waals surface area contributed by atoms with E-state index >= 15 is 0 Å². The van der Waals surface area contributed by atoms with E-state index < -0.39 is 58.7 Å². The third kappa shape index (κ3) is 3.95. The van der Waals surface area contributed by atoms with Crippen LogP contribution in [0.25, 0.3) is 5.76 Å². The van der Waals surface area contributed by atoms with E-state index in [4.69, 9.17) is 5.73 Å². The summed E-state index contributed by atoms with van der Waals surface area (Å²) in [5.41, 5.74) is 5.17. The van der Waals surface area contributed by atoms with Crippen LogP contribution in [0.5, 0.6) is 5.75 Å². The first-order chi connectivity index (χ1) is 18.8. The van der Waals surface area contributed by atoms with Crippen LogP contribution in [-0.2, 0) is 20.8 Å². The number of aliphatic hydroxyl groups excluding tert-OH is 2. The quantitative estimate of drug-likeness (QED) is 0.269. The number of aromatic hydroxyl groups is 1. The summed E-state index contributed by atoms with van der Waals surface area (Å²) in [5, 5.41) is 45.6. The first-order valence-electron chi connectivity index (χ1n) is 13.5. The van der Waals surface area contributed by atoms with Gasteiger partial charge in [-0.15, -0.1) is 0 Å². The number of phenols is 1. The number of likely N-dealkylation sites (N-methyl/N-ethyl adjacent to an activating group) is 1. The molecule has 1 amide bonds. The lowest BCUT2D eigenvalue weighted by Gasteiger charge is -2.53. The monoisotopic (exact) mass is 549 g/mol. The SMILES string of the molecule is CN(C)c1cc(C#CC2=CCCC2)c(O)c2c1C[C@@H]1C[C@@H]3[C@@H](N(C)C)C(O)C(C(N)=O)C(=O)[C@]3(O)C(=O)C1=C2O. The summed E-state index contributed by atoms with van der Waals surface area (Å²) in [5.74, 6) is -1.55. The van der Waals surface area contributed by atoms with Gasteiger partial charge in [-0.2, -0.15) is 0 Å². The molecule has 0 bridgehead atoms. The molecule has 2 saturated carbocycles. The highest BCUT2D eigenvalue weighted by atomic mass is 16.3. The number of Topliss-reactive ketones (excluding diaryl/α,β-unsaturated/α-hetero) is 2. The van der Waals surface area contributed by atoms with Crippen LogP contribution in [0.2, 0.25) is 0 Å². The van der Waals surface area contributed by atoms with E-state index in [1.165, 1.54) is 0 Å². The van der Waals surface area contributed by atoms with E-state index in [0.29, 0.717) is 11.3 Å². The number of benzene rings is 1. The summed E-state index contributed by atoms with van der Waals surface area (Å²) in [6.07, 6.45) is 3.65. The van der Waals surface area contributed by atoms with Crippen molar-refractivity contribution in [3.05, 3.63) is 40.0 Å². The molecule has 4 aliphatic rings. The van der Waals surface area contributed by atoms with Crippen molar-refractivity contribution < 1.29 is 34.8 Å². The number of carbonyl (C=O) groups is 3. The maximum Gasteiger partial charge on any atom is 0.230 e. The molecular weight excluding hydrogens is 514 g/mol. The Morgan fingerprint density at radius 2 is 1.85 bits per heavy atom. The molecule has 5 rings (SSSR count). The number of amides is 1. The van der Waals surface area contributed by atoms with Crippen LogP contribution >= 0.6 is 0 Å². The first kappa shape index (κ1) is 27.9. The lowest BCUT2D eigenvalue weighted by molar-refractivity contribution is -0.184. The number of fused-ring (bicyclic) bond motifs is 3. The van der Waals surface area contributed by atoms with Gasteiger partial charge in [-0.25, -0.2) is 0 Å². The molecule has 0 spiro atoms. The number of phenolic OH excluding ortho intramolecular Hbond substituents is 1. The maximum atomic E-state index is 14.0. The second-order valence-corrected chi connectivity index (χ2v) is 11.7. The van der Waals surface area contributed by atoms with Crippen LogP contribution in [0.4, 0.5) is 5.69 Å². The van der Waals surface area contributed by atoms with E-state index in [1.807, 2.05) is 19.0 Å². The van der Waals surface area contributed by atoms with Gasteiger partial charge in [-0.3, -0.25) is 14.4 Å². The molecule has 2 unspecified atom stereocenters. The second-order valence-electron chi connectivity index (χ2n) is 11.7. The largest absolute Gasteiger partial charge is 0.507 e. The summed E-state index contributed by atoms with van der Waals surface area (Å²) in [6, 6.07) is 0.822. The van der Waals surface area contributed by atoms with Crippen LogP contribution in [0, 0.1) is 29.6 Å². The Kier molecular flexibility index (Phi) is 6.81. The number of primary amides is 1. The molecule has 1 aromatic rings. The number of aliphatic hydroxyl groups is 3. The Balaban J connectivity index is 1.69. The number of carbonyl (C=O) groups excluding carboxylic acids is 3. The van der Waals surface area contributed by atoms with Gasteiger partial charge in [0.2, 0.25) is 11.7 Å². The third-order valence-electron chi connectivity index (χ3n) is 8.95. The van der Waals surface area contributed by atoms with Crippen molar-refractivity contribution in [2.75, 3.05) is 33.1 Å². The average molecular weight is 550 g/mol. The molecule has 6 atom stereocenters. The normalized spacial score (nSPS) is 31.2. The highest BCUT2D eigenvalue weighted by Crippen LogP contribution is 2.53. The van der Waals surface area contributed by atoms with Crippen LogP contribution in [0.1, 0.15) is 42.4 Å². The van der Waals surface area contributed by atoms with Crippen molar-refractivity contribution in [2.45, 2.75) is 49.9 Å². The predicted molar refractivity (Wildman–Crippen MR) is 147 cm³/mol. The summed E-state index contributed by atoms with van der Waals surface area (Å²) in [7, 11) is 6.90.